The van der Waals surface area contributed by atoms with Crippen molar-refractivity contribution in [3.05, 3.63) is 0 Å². The zero-order valence-corrected chi connectivity index (χ0v) is 10.2. The topological polar surface area (TPSA) is 9.23 Å². The minimum Gasteiger partial charge on any atom is -0.378 e. The number of rotatable bonds is 5. The number of unbranched alkanes of at least 4 members (excludes halogenated alkanes) is 2. The Balaban J connectivity index is 1.59. The predicted molar refractivity (Wildman–Crippen MR) is 63.9 cm³/mol. The lowest BCUT2D eigenvalue weighted by Crippen LogP contribution is -2.36. The third kappa shape index (κ3) is 3.21. The predicted octanol–water partition coefficient (Wildman–Crippen LogP) is 4.16. The summed E-state index contributed by atoms with van der Waals surface area (Å²) < 4.78 is 5.60. The van der Waals surface area contributed by atoms with Gasteiger partial charge in [-0.3, -0.25) is 0 Å². The summed E-state index contributed by atoms with van der Waals surface area (Å²) >= 11 is 0. The van der Waals surface area contributed by atoms with E-state index < -0.39 is 0 Å². The average molecular weight is 210 g/mol. The standard InChI is InChI=1S/C14H26O/c1-2-3-4-5-12-6-8-13(9-7-12)14-10-11-15-14/h12-14H,2-11H2,1H3/t12-,13-,14?. The highest BCUT2D eigenvalue weighted by atomic mass is 16.5. The molecule has 1 saturated heterocycles. The summed E-state index contributed by atoms with van der Waals surface area (Å²) in [6.07, 6.45) is 13.6. The third-order valence-electron chi connectivity index (χ3n) is 4.37. The van der Waals surface area contributed by atoms with Crippen LogP contribution in [0.3, 0.4) is 0 Å². The molecular weight excluding hydrogens is 184 g/mol. The molecular formula is C14H26O. The van der Waals surface area contributed by atoms with Gasteiger partial charge in [-0.2, -0.15) is 0 Å². The van der Waals surface area contributed by atoms with Gasteiger partial charge in [0.05, 0.1) is 6.10 Å². The zero-order chi connectivity index (χ0) is 10.5. The second-order valence-corrected chi connectivity index (χ2v) is 5.47. The average Bonchev–Trinajstić information content (AvgIpc) is 2.18. The molecule has 1 nitrogen and oxygen atoms in total. The lowest BCUT2D eigenvalue weighted by atomic mass is 9.76. The summed E-state index contributed by atoms with van der Waals surface area (Å²) in [6.45, 7) is 3.33. The number of ether oxygens (including phenoxy) is 1. The van der Waals surface area contributed by atoms with Crippen LogP contribution in [0.2, 0.25) is 0 Å². The van der Waals surface area contributed by atoms with Crippen molar-refractivity contribution in [1.82, 2.24) is 0 Å². The number of hydrogen-bond donors (Lipinski definition) is 0. The molecule has 0 aromatic heterocycles. The Morgan fingerprint density at radius 2 is 1.73 bits per heavy atom. The van der Waals surface area contributed by atoms with Gasteiger partial charge in [0, 0.05) is 6.61 Å². The molecule has 0 aromatic rings. The first-order valence-corrected chi connectivity index (χ1v) is 7.01. The normalized spacial score (nSPS) is 36.2. The minimum absolute atomic E-state index is 0.654. The van der Waals surface area contributed by atoms with Gasteiger partial charge in [0.15, 0.2) is 0 Å². The van der Waals surface area contributed by atoms with Crippen LogP contribution >= 0.6 is 0 Å². The molecule has 88 valence electrons. The zero-order valence-electron chi connectivity index (χ0n) is 10.2. The Morgan fingerprint density at radius 1 is 1.00 bits per heavy atom. The van der Waals surface area contributed by atoms with E-state index in [0.717, 1.165) is 18.4 Å². The number of hydrogen-bond acceptors (Lipinski definition) is 1. The Labute approximate surface area is 94.6 Å². The molecule has 1 aliphatic carbocycles. The molecule has 1 saturated carbocycles. The first-order valence-electron chi connectivity index (χ1n) is 7.01. The molecule has 1 unspecified atom stereocenters. The first-order chi connectivity index (χ1) is 7.40. The fourth-order valence-electron chi connectivity index (χ4n) is 3.16. The van der Waals surface area contributed by atoms with Crippen LogP contribution in [0, 0.1) is 11.8 Å². The van der Waals surface area contributed by atoms with Crippen LogP contribution < -0.4 is 0 Å². The smallest absolute Gasteiger partial charge is 0.0625 e. The van der Waals surface area contributed by atoms with Gasteiger partial charge < -0.3 is 4.74 Å². The second-order valence-electron chi connectivity index (χ2n) is 5.47. The van der Waals surface area contributed by atoms with Crippen molar-refractivity contribution in [3.8, 4) is 0 Å². The van der Waals surface area contributed by atoms with Crippen molar-refractivity contribution >= 4 is 0 Å². The van der Waals surface area contributed by atoms with Crippen LogP contribution in [-0.4, -0.2) is 12.7 Å². The van der Waals surface area contributed by atoms with Gasteiger partial charge in [-0.15, -0.1) is 0 Å². The van der Waals surface area contributed by atoms with Crippen LogP contribution in [0.4, 0.5) is 0 Å². The molecule has 0 radical (unpaired) electrons. The van der Waals surface area contributed by atoms with Crippen LogP contribution in [0.5, 0.6) is 0 Å². The van der Waals surface area contributed by atoms with Crippen molar-refractivity contribution in [2.75, 3.05) is 6.61 Å². The van der Waals surface area contributed by atoms with Crippen molar-refractivity contribution in [1.29, 1.82) is 0 Å². The summed E-state index contributed by atoms with van der Waals surface area (Å²) in [4.78, 5) is 0. The van der Waals surface area contributed by atoms with Crippen molar-refractivity contribution in [3.63, 3.8) is 0 Å². The summed E-state index contributed by atoms with van der Waals surface area (Å²) in [5.41, 5.74) is 0. The van der Waals surface area contributed by atoms with Gasteiger partial charge in [0.25, 0.3) is 0 Å². The molecule has 0 N–H and O–H groups in total. The molecule has 2 rings (SSSR count). The van der Waals surface area contributed by atoms with Gasteiger partial charge in [0.2, 0.25) is 0 Å². The molecule has 0 aromatic carbocycles. The Bertz CT molecular complexity index is 166. The summed E-state index contributed by atoms with van der Waals surface area (Å²) in [5, 5.41) is 0. The molecule has 1 heterocycles. The maximum atomic E-state index is 5.60. The summed E-state index contributed by atoms with van der Waals surface area (Å²) in [6, 6.07) is 0. The third-order valence-corrected chi connectivity index (χ3v) is 4.37. The van der Waals surface area contributed by atoms with E-state index in [1.165, 1.54) is 57.8 Å². The van der Waals surface area contributed by atoms with Crippen LogP contribution in [0.1, 0.15) is 64.7 Å². The van der Waals surface area contributed by atoms with Crippen LogP contribution in [-0.2, 0) is 4.74 Å². The van der Waals surface area contributed by atoms with E-state index in [0.29, 0.717) is 6.10 Å². The molecule has 0 bridgehead atoms. The maximum Gasteiger partial charge on any atom is 0.0625 e. The quantitative estimate of drug-likeness (QED) is 0.619. The Hall–Kier alpha value is -0.0400. The highest BCUT2D eigenvalue weighted by molar-refractivity contribution is 4.81. The maximum absolute atomic E-state index is 5.60. The molecule has 1 aliphatic heterocycles. The molecule has 1 heteroatoms. The molecule has 1 atom stereocenters. The van der Waals surface area contributed by atoms with E-state index in [1.54, 1.807) is 0 Å². The fraction of sp³-hybridized carbons (Fsp3) is 1.00. The van der Waals surface area contributed by atoms with Gasteiger partial charge in [-0.1, -0.05) is 45.4 Å². The van der Waals surface area contributed by atoms with Gasteiger partial charge >= 0.3 is 0 Å². The van der Waals surface area contributed by atoms with Gasteiger partial charge in [-0.05, 0) is 31.1 Å². The molecule has 2 fully saturated rings. The van der Waals surface area contributed by atoms with E-state index in [-0.39, 0.29) is 0 Å². The summed E-state index contributed by atoms with van der Waals surface area (Å²) in [7, 11) is 0. The largest absolute Gasteiger partial charge is 0.378 e. The van der Waals surface area contributed by atoms with E-state index in [4.69, 9.17) is 4.74 Å². The van der Waals surface area contributed by atoms with Crippen LogP contribution in [0.25, 0.3) is 0 Å². The monoisotopic (exact) mass is 210 g/mol. The van der Waals surface area contributed by atoms with E-state index in [2.05, 4.69) is 6.92 Å². The minimum atomic E-state index is 0.654. The first kappa shape index (κ1) is 11.4. The lowest BCUT2D eigenvalue weighted by molar-refractivity contribution is -0.0948. The van der Waals surface area contributed by atoms with E-state index in [1.807, 2.05) is 0 Å². The van der Waals surface area contributed by atoms with Crippen LogP contribution in [0.15, 0.2) is 0 Å². The highest BCUT2D eigenvalue weighted by Crippen LogP contribution is 2.37. The highest BCUT2D eigenvalue weighted by Gasteiger charge is 2.31. The summed E-state index contributed by atoms with van der Waals surface area (Å²) in [5.74, 6) is 1.97. The second kappa shape index (κ2) is 5.89. The van der Waals surface area contributed by atoms with Crippen molar-refractivity contribution in [2.45, 2.75) is 70.8 Å². The molecule has 15 heavy (non-hydrogen) atoms. The van der Waals surface area contributed by atoms with Gasteiger partial charge in [-0.25, -0.2) is 0 Å². The fourth-order valence-corrected chi connectivity index (χ4v) is 3.16. The van der Waals surface area contributed by atoms with Crippen molar-refractivity contribution < 1.29 is 4.74 Å². The molecule has 2 aliphatic rings. The Morgan fingerprint density at radius 3 is 2.27 bits per heavy atom. The SMILES string of the molecule is CCCCC[C@H]1CC[C@H](C2CCO2)CC1. The van der Waals surface area contributed by atoms with Crippen molar-refractivity contribution in [2.24, 2.45) is 11.8 Å². The van der Waals surface area contributed by atoms with E-state index in [9.17, 15) is 0 Å². The van der Waals surface area contributed by atoms with Gasteiger partial charge in [0.1, 0.15) is 0 Å². The molecule has 0 amide bonds. The van der Waals surface area contributed by atoms with E-state index >= 15 is 0 Å². The molecule has 0 spiro atoms. The Kier molecular flexibility index (Phi) is 4.49. The lowest BCUT2D eigenvalue weighted by Gasteiger charge is -2.38.